The van der Waals surface area contributed by atoms with Crippen molar-refractivity contribution in [2.24, 2.45) is 0 Å². The molecule has 0 aromatic carbocycles. The van der Waals surface area contributed by atoms with Gasteiger partial charge in [-0.2, -0.15) is 5.26 Å². The van der Waals surface area contributed by atoms with Crippen LogP contribution in [0.4, 0.5) is 4.79 Å². The first-order chi connectivity index (χ1) is 11.1. The van der Waals surface area contributed by atoms with Gasteiger partial charge in [0.15, 0.2) is 0 Å². The zero-order chi connectivity index (χ0) is 18.3. The Morgan fingerprint density at radius 3 is 2.29 bits per heavy atom. The van der Waals surface area contributed by atoms with E-state index in [1.165, 1.54) is 11.7 Å². The molecule has 1 aliphatic rings. The molecule has 24 heavy (non-hydrogen) atoms. The number of rotatable bonds is 3. The van der Waals surface area contributed by atoms with E-state index in [1.807, 2.05) is 13.8 Å². The van der Waals surface area contributed by atoms with Crippen LogP contribution in [0.2, 0.25) is 0 Å². The zero-order valence-corrected chi connectivity index (χ0v) is 15.1. The second kappa shape index (κ2) is 5.97. The summed E-state index contributed by atoms with van der Waals surface area (Å²) in [6.07, 6.45) is 0.707. The molecular weight excluding hydrogens is 308 g/mol. The Kier molecular flexibility index (Phi) is 4.49. The Morgan fingerprint density at radius 2 is 1.92 bits per heavy atom. The van der Waals surface area contributed by atoms with Crippen LogP contribution in [0.3, 0.4) is 0 Å². The fraction of sp³-hybridized carbons (Fsp3) is 0.611. The summed E-state index contributed by atoms with van der Waals surface area (Å²) in [7, 11) is 1.26. The molecule has 1 fully saturated rings. The third-order valence-corrected chi connectivity index (χ3v) is 4.06. The van der Waals surface area contributed by atoms with Crippen LogP contribution in [-0.4, -0.2) is 29.3 Å². The SMILES string of the molecule is COC(=O)c1c(C2(C#N)CC2)cc(C(C)C)n1C(=O)OC(C)(C)C. The minimum atomic E-state index is -0.708. The summed E-state index contributed by atoms with van der Waals surface area (Å²) in [5, 5.41) is 9.53. The van der Waals surface area contributed by atoms with E-state index >= 15 is 0 Å². The highest BCUT2D eigenvalue weighted by Gasteiger charge is 2.50. The number of nitriles is 1. The molecule has 0 aliphatic heterocycles. The predicted octanol–water partition coefficient (Wildman–Crippen LogP) is 3.74. The van der Waals surface area contributed by atoms with E-state index in [0.29, 0.717) is 24.1 Å². The van der Waals surface area contributed by atoms with Gasteiger partial charge in [-0.15, -0.1) is 0 Å². The highest BCUT2D eigenvalue weighted by Crippen LogP contribution is 2.50. The molecule has 6 nitrogen and oxygen atoms in total. The lowest BCUT2D eigenvalue weighted by molar-refractivity contribution is 0.0477. The minimum Gasteiger partial charge on any atom is -0.464 e. The molecule has 2 rings (SSSR count). The summed E-state index contributed by atoms with van der Waals surface area (Å²) in [6.45, 7) is 9.14. The van der Waals surface area contributed by atoms with Gasteiger partial charge in [0.05, 0.1) is 18.6 Å². The number of esters is 1. The summed E-state index contributed by atoms with van der Waals surface area (Å²) in [5.74, 6) is -0.659. The van der Waals surface area contributed by atoms with Crippen LogP contribution in [0.1, 0.15) is 75.1 Å². The summed E-state index contributed by atoms with van der Waals surface area (Å²) < 4.78 is 11.6. The number of methoxy groups -OCH3 is 1. The van der Waals surface area contributed by atoms with Crippen molar-refractivity contribution >= 4 is 12.1 Å². The molecule has 0 bridgehead atoms. The van der Waals surface area contributed by atoms with Crippen molar-refractivity contribution in [2.75, 3.05) is 7.11 Å². The maximum atomic E-state index is 12.7. The molecule has 1 heterocycles. The maximum Gasteiger partial charge on any atom is 0.419 e. The fourth-order valence-corrected chi connectivity index (χ4v) is 2.69. The molecule has 1 aliphatic carbocycles. The van der Waals surface area contributed by atoms with E-state index in [2.05, 4.69) is 6.07 Å². The highest BCUT2D eigenvalue weighted by atomic mass is 16.6. The standard InChI is InChI=1S/C18H24N2O4/c1-11(2)13-9-12(18(10-19)7-8-18)14(15(21)23-6)20(13)16(22)24-17(3,4)5/h9,11H,7-8H2,1-6H3. The van der Waals surface area contributed by atoms with Gasteiger partial charge in [0, 0.05) is 11.3 Å². The lowest BCUT2D eigenvalue weighted by Crippen LogP contribution is -2.30. The number of nitrogens with zero attached hydrogens (tertiary/aromatic N) is 2. The summed E-state index contributed by atoms with van der Waals surface area (Å²) >= 11 is 0. The lowest BCUT2D eigenvalue weighted by Gasteiger charge is -2.22. The van der Waals surface area contributed by atoms with Crippen LogP contribution in [-0.2, 0) is 14.9 Å². The third kappa shape index (κ3) is 3.16. The van der Waals surface area contributed by atoms with E-state index in [0.717, 1.165) is 0 Å². The second-order valence-corrected chi connectivity index (χ2v) is 7.49. The smallest absolute Gasteiger partial charge is 0.419 e. The average molecular weight is 332 g/mol. The molecular formula is C18H24N2O4. The van der Waals surface area contributed by atoms with Crippen molar-refractivity contribution in [1.29, 1.82) is 5.26 Å². The van der Waals surface area contributed by atoms with E-state index in [9.17, 15) is 14.9 Å². The van der Waals surface area contributed by atoms with Crippen LogP contribution < -0.4 is 0 Å². The molecule has 1 saturated carbocycles. The monoisotopic (exact) mass is 332 g/mol. The number of ether oxygens (including phenoxy) is 2. The first-order valence-electron chi connectivity index (χ1n) is 8.05. The van der Waals surface area contributed by atoms with Gasteiger partial charge < -0.3 is 9.47 Å². The predicted molar refractivity (Wildman–Crippen MR) is 88.0 cm³/mol. The molecule has 0 N–H and O–H groups in total. The van der Waals surface area contributed by atoms with Gasteiger partial charge in [0.2, 0.25) is 0 Å². The quantitative estimate of drug-likeness (QED) is 0.788. The van der Waals surface area contributed by atoms with Gasteiger partial charge in [0.25, 0.3) is 0 Å². The number of aromatic nitrogens is 1. The summed E-state index contributed by atoms with van der Waals surface area (Å²) in [5.41, 5.74) is -0.0992. The van der Waals surface area contributed by atoms with Crippen LogP contribution in [0.25, 0.3) is 0 Å². The lowest BCUT2D eigenvalue weighted by atomic mass is 9.96. The van der Waals surface area contributed by atoms with E-state index < -0.39 is 23.1 Å². The third-order valence-electron chi connectivity index (χ3n) is 4.06. The Bertz CT molecular complexity index is 713. The topological polar surface area (TPSA) is 81.3 Å². The Hall–Kier alpha value is -2.29. The van der Waals surface area contributed by atoms with Crippen LogP contribution in [0.5, 0.6) is 0 Å². The second-order valence-electron chi connectivity index (χ2n) is 7.49. The van der Waals surface area contributed by atoms with Crippen molar-refractivity contribution in [2.45, 2.75) is 64.4 Å². The van der Waals surface area contributed by atoms with Crippen LogP contribution >= 0.6 is 0 Å². The van der Waals surface area contributed by atoms with Gasteiger partial charge in [0.1, 0.15) is 11.3 Å². The van der Waals surface area contributed by atoms with E-state index in [4.69, 9.17) is 9.47 Å². The maximum absolute atomic E-state index is 12.7. The molecule has 0 spiro atoms. The number of hydrogen-bond donors (Lipinski definition) is 0. The van der Waals surface area contributed by atoms with Gasteiger partial charge in [-0.05, 0) is 45.6 Å². The van der Waals surface area contributed by atoms with E-state index in [-0.39, 0.29) is 11.6 Å². The van der Waals surface area contributed by atoms with Crippen molar-refractivity contribution < 1.29 is 19.1 Å². The molecule has 0 radical (unpaired) electrons. The zero-order valence-electron chi connectivity index (χ0n) is 15.1. The minimum absolute atomic E-state index is 0.0239. The number of hydrogen-bond acceptors (Lipinski definition) is 5. The summed E-state index contributed by atoms with van der Waals surface area (Å²) in [6, 6.07) is 4.06. The number of carbonyl (C=O) groups excluding carboxylic acids is 2. The van der Waals surface area contributed by atoms with E-state index in [1.54, 1.807) is 26.8 Å². The Labute approximate surface area is 142 Å². The molecule has 130 valence electrons. The van der Waals surface area contributed by atoms with Gasteiger partial charge in [-0.25, -0.2) is 14.2 Å². The largest absolute Gasteiger partial charge is 0.464 e. The van der Waals surface area contributed by atoms with Gasteiger partial charge in [-0.1, -0.05) is 13.8 Å². The van der Waals surface area contributed by atoms with Gasteiger partial charge >= 0.3 is 12.1 Å². The fourth-order valence-electron chi connectivity index (χ4n) is 2.69. The molecule has 0 unspecified atom stereocenters. The molecule has 0 saturated heterocycles. The Balaban J connectivity index is 2.69. The summed E-state index contributed by atoms with van der Waals surface area (Å²) in [4.78, 5) is 25.1. The normalized spacial score (nSPS) is 15.8. The van der Waals surface area contributed by atoms with Crippen molar-refractivity contribution in [3.63, 3.8) is 0 Å². The molecule has 0 atom stereocenters. The van der Waals surface area contributed by atoms with Gasteiger partial charge in [-0.3, -0.25) is 0 Å². The average Bonchev–Trinajstić information content (AvgIpc) is 3.16. The van der Waals surface area contributed by atoms with Crippen LogP contribution in [0, 0.1) is 11.3 Å². The molecule has 1 aromatic rings. The highest BCUT2D eigenvalue weighted by molar-refractivity contribution is 5.95. The Morgan fingerprint density at radius 1 is 1.33 bits per heavy atom. The molecule has 1 aromatic heterocycles. The van der Waals surface area contributed by atoms with Crippen LogP contribution in [0.15, 0.2) is 6.07 Å². The van der Waals surface area contributed by atoms with Crippen molar-refractivity contribution in [3.05, 3.63) is 23.0 Å². The van der Waals surface area contributed by atoms with Crippen molar-refractivity contribution in [3.8, 4) is 6.07 Å². The molecule has 0 amide bonds. The van der Waals surface area contributed by atoms with Crippen molar-refractivity contribution in [1.82, 2.24) is 4.57 Å². The number of carbonyl (C=O) groups is 2. The first kappa shape index (κ1) is 18.1. The molecule has 6 heteroatoms. The first-order valence-corrected chi connectivity index (χ1v) is 8.05.